The number of piperidine rings is 1. The first-order valence-corrected chi connectivity index (χ1v) is 10.2. The fourth-order valence-corrected chi connectivity index (χ4v) is 4.91. The third kappa shape index (κ3) is 3.45. The molecular formula is C22H24F3N3O3. The predicted molar refractivity (Wildman–Crippen MR) is 108 cm³/mol. The molecule has 0 spiro atoms. The van der Waals surface area contributed by atoms with Crippen LogP contribution in [-0.2, 0) is 0 Å². The molecular weight excluding hydrogens is 411 g/mol. The maximum atomic E-state index is 13.1. The number of hydrogen-bond acceptors (Lipinski definition) is 4. The van der Waals surface area contributed by atoms with E-state index in [-0.39, 0.29) is 18.0 Å². The van der Waals surface area contributed by atoms with Crippen LogP contribution in [0.4, 0.5) is 13.2 Å². The van der Waals surface area contributed by atoms with Gasteiger partial charge in [-0.2, -0.15) is 13.2 Å². The van der Waals surface area contributed by atoms with E-state index >= 15 is 0 Å². The van der Waals surface area contributed by atoms with E-state index in [2.05, 4.69) is 0 Å². The maximum absolute atomic E-state index is 13.1. The Kier molecular flexibility index (Phi) is 5.02. The Morgan fingerprint density at radius 3 is 2.48 bits per heavy atom. The Balaban J connectivity index is 1.90. The summed E-state index contributed by atoms with van der Waals surface area (Å²) in [6.07, 6.45) is -2.85. The van der Waals surface area contributed by atoms with Crippen molar-refractivity contribution in [1.82, 2.24) is 9.58 Å². The molecule has 1 aromatic carbocycles. The topological polar surface area (TPSA) is 65.8 Å². The first-order chi connectivity index (χ1) is 14.5. The van der Waals surface area contributed by atoms with E-state index in [4.69, 9.17) is 0 Å². The van der Waals surface area contributed by atoms with Crippen LogP contribution in [0.25, 0.3) is 0 Å². The average Bonchev–Trinajstić information content (AvgIpc) is 2.73. The van der Waals surface area contributed by atoms with Crippen LogP contribution in [-0.4, -0.2) is 39.5 Å². The minimum Gasteiger partial charge on any atom is -0.502 e. The van der Waals surface area contributed by atoms with Crippen molar-refractivity contribution in [2.24, 2.45) is 5.92 Å². The summed E-state index contributed by atoms with van der Waals surface area (Å²) in [5.74, 6) is -1.51. The number of nitrogens with zero attached hydrogens (tertiary/aromatic N) is 3. The van der Waals surface area contributed by atoms with Crippen LogP contribution < -0.4 is 10.4 Å². The Hall–Kier alpha value is -2.97. The van der Waals surface area contributed by atoms with Gasteiger partial charge in [-0.05, 0) is 37.7 Å². The average molecular weight is 435 g/mol. The van der Waals surface area contributed by atoms with Crippen LogP contribution in [0.15, 0.2) is 47.4 Å². The van der Waals surface area contributed by atoms with E-state index < -0.39 is 41.4 Å². The molecule has 0 bridgehead atoms. The van der Waals surface area contributed by atoms with Gasteiger partial charge in [-0.3, -0.25) is 19.3 Å². The van der Waals surface area contributed by atoms with Gasteiger partial charge in [0.15, 0.2) is 11.4 Å². The van der Waals surface area contributed by atoms with Crippen molar-refractivity contribution in [3.8, 4) is 5.75 Å². The minimum atomic E-state index is -4.27. The summed E-state index contributed by atoms with van der Waals surface area (Å²) in [6.45, 7) is 1.86. The molecule has 2 aliphatic heterocycles. The van der Waals surface area contributed by atoms with Crippen LogP contribution >= 0.6 is 0 Å². The lowest BCUT2D eigenvalue weighted by atomic mass is 9.77. The maximum Gasteiger partial charge on any atom is 0.389 e. The highest BCUT2D eigenvalue weighted by molar-refractivity contribution is 5.96. The van der Waals surface area contributed by atoms with Crippen LogP contribution in [0.3, 0.4) is 0 Å². The molecule has 166 valence electrons. The lowest BCUT2D eigenvalue weighted by molar-refractivity contribution is -0.139. The summed E-state index contributed by atoms with van der Waals surface area (Å²) in [4.78, 5) is 26.6. The molecule has 1 N–H and O–H groups in total. The van der Waals surface area contributed by atoms with Gasteiger partial charge in [-0.1, -0.05) is 30.3 Å². The summed E-state index contributed by atoms with van der Waals surface area (Å²) in [5, 5.41) is 12.2. The van der Waals surface area contributed by atoms with Gasteiger partial charge in [0.25, 0.3) is 5.91 Å². The fraction of sp³-hybridized carbons (Fsp3) is 0.455. The smallest absolute Gasteiger partial charge is 0.389 e. The number of alkyl halides is 3. The number of hydrogen-bond donors (Lipinski definition) is 1. The Labute approximate surface area is 177 Å². The van der Waals surface area contributed by atoms with E-state index in [1.54, 1.807) is 7.05 Å². The van der Waals surface area contributed by atoms with E-state index in [0.29, 0.717) is 12.8 Å². The Bertz CT molecular complexity index is 1050. The Morgan fingerprint density at radius 2 is 1.84 bits per heavy atom. The summed E-state index contributed by atoms with van der Waals surface area (Å²) in [7, 11) is 1.59. The van der Waals surface area contributed by atoms with Gasteiger partial charge in [0.1, 0.15) is 5.66 Å². The monoisotopic (exact) mass is 435 g/mol. The quantitative estimate of drug-likeness (QED) is 0.797. The second-order valence-electron chi connectivity index (χ2n) is 8.46. The fourth-order valence-electron chi connectivity index (χ4n) is 4.91. The molecule has 1 fully saturated rings. The van der Waals surface area contributed by atoms with Gasteiger partial charge < -0.3 is 10.0 Å². The van der Waals surface area contributed by atoms with Crippen molar-refractivity contribution < 1.29 is 23.1 Å². The molecule has 6 nitrogen and oxygen atoms in total. The standard InChI is InChI=1S/C22H24F3N3O3/c1-21-11-8-15(9-12-22(23,24)25)17(14-6-4-3-5-7-14)28(21)27-13-10-16(29)19(30)18(27)20(31)26(21)2/h3-7,10,13,15,17,30H,8-9,11-12H2,1-2H3. The predicted octanol–water partition coefficient (Wildman–Crippen LogP) is 3.79. The molecule has 31 heavy (non-hydrogen) atoms. The number of pyridine rings is 1. The van der Waals surface area contributed by atoms with E-state index in [1.807, 2.05) is 42.3 Å². The molecule has 3 heterocycles. The SMILES string of the molecule is CN1C(=O)c2c(O)c(=O)ccn2N2C(c3ccccc3)C(CCC(F)(F)F)CCC12C. The second kappa shape index (κ2) is 7.32. The molecule has 9 heteroatoms. The number of carbonyl (C=O) groups excluding carboxylic acids is 1. The van der Waals surface area contributed by atoms with E-state index in [1.165, 1.54) is 21.8 Å². The summed E-state index contributed by atoms with van der Waals surface area (Å²) >= 11 is 0. The summed E-state index contributed by atoms with van der Waals surface area (Å²) < 4.78 is 40.6. The lowest BCUT2D eigenvalue weighted by Gasteiger charge is -2.60. The first-order valence-electron chi connectivity index (χ1n) is 10.2. The number of fused-ring (bicyclic) bond motifs is 3. The summed E-state index contributed by atoms with van der Waals surface area (Å²) in [6, 6.07) is 9.87. The number of halogens is 3. The third-order valence-electron chi connectivity index (χ3n) is 6.65. The van der Waals surface area contributed by atoms with Crippen LogP contribution in [0.2, 0.25) is 0 Å². The highest BCUT2D eigenvalue weighted by atomic mass is 19.4. The number of aromatic nitrogens is 1. The number of carbonyl (C=O) groups is 1. The largest absolute Gasteiger partial charge is 0.502 e. The molecule has 1 aromatic heterocycles. The third-order valence-corrected chi connectivity index (χ3v) is 6.65. The number of benzene rings is 1. The van der Waals surface area contributed by atoms with Crippen molar-refractivity contribution in [1.29, 1.82) is 0 Å². The van der Waals surface area contributed by atoms with Gasteiger partial charge in [0.2, 0.25) is 5.43 Å². The molecule has 0 aliphatic carbocycles. The molecule has 1 saturated heterocycles. The van der Waals surface area contributed by atoms with Gasteiger partial charge >= 0.3 is 6.18 Å². The molecule has 3 atom stereocenters. The van der Waals surface area contributed by atoms with Crippen molar-refractivity contribution in [3.05, 3.63) is 64.1 Å². The lowest BCUT2D eigenvalue weighted by Crippen LogP contribution is -2.71. The van der Waals surface area contributed by atoms with E-state index in [9.17, 15) is 27.9 Å². The molecule has 0 radical (unpaired) electrons. The second-order valence-corrected chi connectivity index (χ2v) is 8.46. The molecule has 4 rings (SSSR count). The van der Waals surface area contributed by atoms with Crippen molar-refractivity contribution >= 4 is 5.91 Å². The first kappa shape index (κ1) is 21.3. The van der Waals surface area contributed by atoms with Crippen LogP contribution in [0, 0.1) is 5.92 Å². The Morgan fingerprint density at radius 1 is 1.16 bits per heavy atom. The number of rotatable bonds is 3. The normalized spacial score (nSPS) is 25.9. The van der Waals surface area contributed by atoms with Crippen molar-refractivity contribution in [3.63, 3.8) is 0 Å². The minimum absolute atomic E-state index is 0.0607. The van der Waals surface area contributed by atoms with Gasteiger partial charge in [-0.15, -0.1) is 0 Å². The van der Waals surface area contributed by atoms with Gasteiger partial charge in [0.05, 0.1) is 6.04 Å². The highest BCUT2D eigenvalue weighted by Crippen LogP contribution is 2.48. The van der Waals surface area contributed by atoms with Crippen LogP contribution in [0.5, 0.6) is 5.75 Å². The molecule has 2 aliphatic rings. The number of amides is 1. The summed E-state index contributed by atoms with van der Waals surface area (Å²) in [5.41, 5.74) is -0.892. The molecule has 0 saturated carbocycles. The molecule has 1 amide bonds. The van der Waals surface area contributed by atoms with Crippen LogP contribution in [0.1, 0.15) is 54.7 Å². The molecule has 3 unspecified atom stereocenters. The van der Waals surface area contributed by atoms with Gasteiger partial charge in [0, 0.05) is 25.7 Å². The zero-order valence-corrected chi connectivity index (χ0v) is 17.3. The van der Waals surface area contributed by atoms with Crippen molar-refractivity contribution in [2.75, 3.05) is 12.1 Å². The molecule has 2 aromatic rings. The van der Waals surface area contributed by atoms with E-state index in [0.717, 1.165) is 5.56 Å². The zero-order chi connectivity index (χ0) is 22.6. The zero-order valence-electron chi connectivity index (χ0n) is 17.3. The van der Waals surface area contributed by atoms with Gasteiger partial charge in [-0.25, -0.2) is 0 Å². The van der Waals surface area contributed by atoms with Crippen molar-refractivity contribution in [2.45, 2.75) is 50.5 Å². The number of aromatic hydroxyl groups is 1. The highest BCUT2D eigenvalue weighted by Gasteiger charge is 2.53.